The van der Waals surface area contributed by atoms with Crippen molar-refractivity contribution in [1.82, 2.24) is 10.3 Å². The minimum absolute atomic E-state index is 0.177. The number of hydrogen-bond acceptors (Lipinski definition) is 5. The Morgan fingerprint density at radius 2 is 2.40 bits per heavy atom. The summed E-state index contributed by atoms with van der Waals surface area (Å²) >= 11 is 0. The SMILES string of the molecule is Cc1ncc(C(/C=C(\N)NC=O)=C/N)o1. The molecule has 0 unspecified atom stereocenters. The average Bonchev–Trinajstić information content (AvgIpc) is 2.61. The van der Waals surface area contributed by atoms with Gasteiger partial charge in [-0.3, -0.25) is 4.79 Å². The Morgan fingerprint density at radius 3 is 2.87 bits per heavy atom. The lowest BCUT2D eigenvalue weighted by Gasteiger charge is -1.99. The molecule has 0 aliphatic carbocycles. The number of carbonyl (C=O) groups excluding carboxylic acids is 1. The summed E-state index contributed by atoms with van der Waals surface area (Å²) in [6.07, 6.45) is 4.80. The lowest BCUT2D eigenvalue weighted by molar-refractivity contribution is -0.108. The summed E-state index contributed by atoms with van der Waals surface area (Å²) in [5, 5.41) is 2.29. The quantitative estimate of drug-likeness (QED) is 0.470. The molecule has 0 aromatic carbocycles. The highest BCUT2D eigenvalue weighted by atomic mass is 16.4. The molecule has 5 N–H and O–H groups in total. The van der Waals surface area contributed by atoms with Crippen molar-refractivity contribution in [3.8, 4) is 0 Å². The molecule has 0 saturated carbocycles. The molecule has 0 atom stereocenters. The van der Waals surface area contributed by atoms with Gasteiger partial charge < -0.3 is 21.2 Å². The molecule has 80 valence electrons. The van der Waals surface area contributed by atoms with Crippen molar-refractivity contribution in [3.05, 3.63) is 35.9 Å². The Morgan fingerprint density at radius 1 is 1.67 bits per heavy atom. The van der Waals surface area contributed by atoms with E-state index in [0.717, 1.165) is 0 Å². The summed E-state index contributed by atoms with van der Waals surface area (Å²) in [5.74, 6) is 1.20. The molecule has 0 spiro atoms. The fourth-order valence-corrected chi connectivity index (χ4v) is 0.973. The van der Waals surface area contributed by atoms with Crippen molar-refractivity contribution in [1.29, 1.82) is 0 Å². The van der Waals surface area contributed by atoms with Gasteiger partial charge in [-0.05, 0) is 6.08 Å². The number of oxazole rings is 1. The second kappa shape index (κ2) is 4.85. The van der Waals surface area contributed by atoms with Gasteiger partial charge in [-0.15, -0.1) is 0 Å². The molecule has 6 nitrogen and oxygen atoms in total. The van der Waals surface area contributed by atoms with Gasteiger partial charge in [-0.1, -0.05) is 0 Å². The summed E-state index contributed by atoms with van der Waals surface area (Å²) in [6.45, 7) is 1.72. The third kappa shape index (κ3) is 2.87. The predicted octanol–water partition coefficient (Wildman–Crippen LogP) is -0.171. The van der Waals surface area contributed by atoms with Crippen LogP contribution in [0.2, 0.25) is 0 Å². The lowest BCUT2D eigenvalue weighted by atomic mass is 10.2. The molecule has 0 saturated heterocycles. The van der Waals surface area contributed by atoms with E-state index >= 15 is 0 Å². The molecular weight excluding hydrogens is 196 g/mol. The van der Waals surface area contributed by atoms with E-state index in [1.165, 1.54) is 18.5 Å². The fraction of sp³-hybridized carbons (Fsp3) is 0.111. The first kappa shape index (κ1) is 10.8. The standard InChI is InChI=1S/C9H12N4O2/c1-6-12-4-8(15-6)7(3-10)2-9(11)13-5-14/h2-5H,10-11H2,1H3,(H,13,14)/b7-3+,9-2+. The van der Waals surface area contributed by atoms with E-state index in [1.807, 2.05) is 0 Å². The van der Waals surface area contributed by atoms with Crippen molar-refractivity contribution in [2.24, 2.45) is 11.5 Å². The van der Waals surface area contributed by atoms with Gasteiger partial charge in [0, 0.05) is 18.7 Å². The van der Waals surface area contributed by atoms with E-state index in [-0.39, 0.29) is 5.82 Å². The number of nitrogens with two attached hydrogens (primary N) is 2. The van der Waals surface area contributed by atoms with Crippen LogP contribution in [-0.4, -0.2) is 11.4 Å². The number of nitrogens with zero attached hydrogens (tertiary/aromatic N) is 1. The third-order valence-electron chi connectivity index (χ3n) is 1.62. The lowest BCUT2D eigenvalue weighted by Crippen LogP contribution is -2.17. The van der Waals surface area contributed by atoms with E-state index in [1.54, 1.807) is 6.92 Å². The first-order valence-electron chi connectivity index (χ1n) is 4.19. The largest absolute Gasteiger partial charge is 0.441 e. The third-order valence-corrected chi connectivity index (χ3v) is 1.62. The summed E-state index contributed by atoms with van der Waals surface area (Å²) in [5.41, 5.74) is 11.4. The summed E-state index contributed by atoms with van der Waals surface area (Å²) in [6, 6.07) is 0. The Balaban J connectivity index is 2.91. The van der Waals surface area contributed by atoms with Crippen molar-refractivity contribution >= 4 is 12.0 Å². The van der Waals surface area contributed by atoms with Crippen LogP contribution >= 0.6 is 0 Å². The van der Waals surface area contributed by atoms with Crippen LogP contribution in [0.5, 0.6) is 0 Å². The van der Waals surface area contributed by atoms with Crippen LogP contribution in [-0.2, 0) is 4.79 Å². The average molecular weight is 208 g/mol. The molecule has 0 aliphatic heterocycles. The summed E-state index contributed by atoms with van der Waals surface area (Å²) in [4.78, 5) is 14.0. The second-order valence-corrected chi connectivity index (χ2v) is 2.73. The molecule has 0 bridgehead atoms. The molecule has 1 amide bonds. The van der Waals surface area contributed by atoms with Crippen LogP contribution in [0.4, 0.5) is 0 Å². The van der Waals surface area contributed by atoms with E-state index in [4.69, 9.17) is 15.9 Å². The Kier molecular flexibility index (Phi) is 3.50. The van der Waals surface area contributed by atoms with E-state index in [0.29, 0.717) is 23.6 Å². The summed E-state index contributed by atoms with van der Waals surface area (Å²) in [7, 11) is 0. The number of hydrogen-bond donors (Lipinski definition) is 3. The first-order chi connectivity index (χ1) is 7.17. The Bertz CT molecular complexity index is 406. The Labute approximate surface area is 86.6 Å². The van der Waals surface area contributed by atoms with E-state index < -0.39 is 0 Å². The van der Waals surface area contributed by atoms with Crippen molar-refractivity contribution < 1.29 is 9.21 Å². The highest BCUT2D eigenvalue weighted by molar-refractivity contribution is 5.71. The molecule has 1 aromatic heterocycles. The van der Waals surface area contributed by atoms with Gasteiger partial charge in [0.25, 0.3) is 0 Å². The predicted molar refractivity (Wildman–Crippen MR) is 54.9 cm³/mol. The molecule has 1 heterocycles. The van der Waals surface area contributed by atoms with Crippen LogP contribution in [0.3, 0.4) is 0 Å². The van der Waals surface area contributed by atoms with Crippen LogP contribution in [0.1, 0.15) is 11.7 Å². The minimum Gasteiger partial charge on any atom is -0.441 e. The summed E-state index contributed by atoms with van der Waals surface area (Å²) < 4.78 is 5.24. The highest BCUT2D eigenvalue weighted by Gasteiger charge is 2.04. The topological polar surface area (TPSA) is 107 Å². The van der Waals surface area contributed by atoms with Gasteiger partial charge in [0.1, 0.15) is 5.82 Å². The number of rotatable bonds is 4. The molecule has 1 aromatic rings. The van der Waals surface area contributed by atoms with Gasteiger partial charge >= 0.3 is 0 Å². The number of carbonyl (C=O) groups is 1. The van der Waals surface area contributed by atoms with Crippen LogP contribution in [0.25, 0.3) is 5.57 Å². The molecule has 0 aliphatic rings. The van der Waals surface area contributed by atoms with Gasteiger partial charge in [0.05, 0.1) is 6.20 Å². The van der Waals surface area contributed by atoms with E-state index in [9.17, 15) is 4.79 Å². The maximum Gasteiger partial charge on any atom is 0.212 e. The van der Waals surface area contributed by atoms with Gasteiger partial charge in [-0.2, -0.15) is 0 Å². The smallest absolute Gasteiger partial charge is 0.212 e. The molecule has 0 radical (unpaired) electrons. The zero-order valence-electron chi connectivity index (χ0n) is 8.23. The molecule has 6 heteroatoms. The van der Waals surface area contributed by atoms with E-state index in [2.05, 4.69) is 10.3 Å². The molecule has 0 fully saturated rings. The normalized spacial score (nSPS) is 12.6. The minimum atomic E-state index is 0.177. The molecule has 15 heavy (non-hydrogen) atoms. The van der Waals surface area contributed by atoms with Gasteiger partial charge in [0.2, 0.25) is 6.41 Å². The maximum absolute atomic E-state index is 10.1. The first-order valence-corrected chi connectivity index (χ1v) is 4.19. The fourth-order valence-electron chi connectivity index (χ4n) is 0.973. The van der Waals surface area contributed by atoms with Crippen LogP contribution in [0.15, 0.2) is 28.7 Å². The number of aromatic nitrogens is 1. The number of aryl methyl sites for hydroxylation is 1. The van der Waals surface area contributed by atoms with Crippen molar-refractivity contribution in [2.45, 2.75) is 6.92 Å². The Hall–Kier alpha value is -2.24. The number of nitrogens with one attached hydrogen (secondary N) is 1. The van der Waals surface area contributed by atoms with Crippen molar-refractivity contribution in [3.63, 3.8) is 0 Å². The monoisotopic (exact) mass is 208 g/mol. The maximum atomic E-state index is 10.1. The van der Waals surface area contributed by atoms with Crippen molar-refractivity contribution in [2.75, 3.05) is 0 Å². The highest BCUT2D eigenvalue weighted by Crippen LogP contribution is 2.15. The zero-order chi connectivity index (χ0) is 11.3. The molecule has 1 rings (SSSR count). The molecular formula is C9H12N4O2. The van der Waals surface area contributed by atoms with Gasteiger partial charge in [0.15, 0.2) is 11.7 Å². The zero-order valence-corrected chi connectivity index (χ0v) is 8.23. The van der Waals surface area contributed by atoms with Crippen LogP contribution < -0.4 is 16.8 Å². The second-order valence-electron chi connectivity index (χ2n) is 2.73. The number of amides is 1. The van der Waals surface area contributed by atoms with Gasteiger partial charge in [-0.25, -0.2) is 4.98 Å². The van der Waals surface area contributed by atoms with Crippen LogP contribution in [0, 0.1) is 6.92 Å². The number of allylic oxidation sites excluding steroid dienone is 2.